The molecular formula is C20H15Cl2N7O3. The van der Waals surface area contributed by atoms with Gasteiger partial charge in [-0.3, -0.25) is 4.79 Å². The first kappa shape index (κ1) is 20.3. The highest BCUT2D eigenvalue weighted by molar-refractivity contribution is 6.36. The number of hydrogen-bond acceptors (Lipinski definition) is 8. The van der Waals surface area contributed by atoms with Crippen molar-refractivity contribution in [1.29, 1.82) is 0 Å². The number of fused-ring (bicyclic) bond motifs is 2. The number of halogens is 2. The van der Waals surface area contributed by atoms with Crippen LogP contribution in [0.4, 0.5) is 11.6 Å². The summed E-state index contributed by atoms with van der Waals surface area (Å²) in [6.45, 7) is 2.18. The topological polar surface area (TPSA) is 131 Å². The Labute approximate surface area is 190 Å². The minimum Gasteiger partial charge on any atom is -0.504 e. The third kappa shape index (κ3) is 3.24. The van der Waals surface area contributed by atoms with Gasteiger partial charge in [-0.2, -0.15) is 9.78 Å². The Morgan fingerprint density at radius 3 is 2.84 bits per heavy atom. The van der Waals surface area contributed by atoms with Crippen LogP contribution in [0.15, 0.2) is 41.2 Å². The lowest BCUT2D eigenvalue weighted by Gasteiger charge is -2.28. The summed E-state index contributed by atoms with van der Waals surface area (Å²) in [4.78, 5) is 12.7. The van der Waals surface area contributed by atoms with E-state index in [1.165, 1.54) is 10.7 Å². The summed E-state index contributed by atoms with van der Waals surface area (Å²) >= 11 is 12.5. The Hall–Kier alpha value is -3.63. The van der Waals surface area contributed by atoms with E-state index in [1.54, 1.807) is 30.3 Å². The van der Waals surface area contributed by atoms with Crippen LogP contribution in [0.5, 0.6) is 11.5 Å². The predicted molar refractivity (Wildman–Crippen MR) is 118 cm³/mol. The fourth-order valence-electron chi connectivity index (χ4n) is 3.70. The molecule has 32 heavy (non-hydrogen) atoms. The summed E-state index contributed by atoms with van der Waals surface area (Å²) in [5, 5.41) is 32.6. The van der Waals surface area contributed by atoms with Crippen LogP contribution in [0, 0.1) is 0 Å². The molecule has 0 saturated carbocycles. The summed E-state index contributed by atoms with van der Waals surface area (Å²) in [7, 11) is 0. The molecule has 162 valence electrons. The SMILES string of the molecule is CCOc1cc([C@@H]2c3c(-c4ccc(Cl)cc4Cl)n[nH]c(=O)c3Nc3nnnn32)ccc1O. The standard InChI is InChI=1S/C20H15Cl2N7O3/c1-2-32-14-7-9(3-6-13(14)30)18-15-16(11-5-4-10(21)8-12(11)22)24-25-19(31)17(15)23-20-26-27-28-29(18)20/h3-8,18,30H,2H2,1H3,(H,25,31)(H,23,26,28)/t18-/m1/s1. The molecule has 0 radical (unpaired) electrons. The molecule has 0 amide bonds. The second-order valence-electron chi connectivity index (χ2n) is 6.95. The number of phenolic OH excluding ortho intramolecular Hbond substituents is 1. The molecule has 1 aliphatic heterocycles. The highest BCUT2D eigenvalue weighted by Gasteiger charge is 2.35. The van der Waals surface area contributed by atoms with Gasteiger partial charge in [0.05, 0.1) is 11.6 Å². The first-order valence-electron chi connectivity index (χ1n) is 9.56. The minimum atomic E-state index is -0.660. The summed E-state index contributed by atoms with van der Waals surface area (Å²) in [5.74, 6) is 0.564. The van der Waals surface area contributed by atoms with Crippen LogP contribution in [0.2, 0.25) is 10.0 Å². The van der Waals surface area contributed by atoms with Crippen LogP contribution in [0.3, 0.4) is 0 Å². The molecular weight excluding hydrogens is 457 g/mol. The monoisotopic (exact) mass is 471 g/mol. The van der Waals surface area contributed by atoms with Crippen LogP contribution < -0.4 is 15.6 Å². The number of H-pyrrole nitrogens is 1. The zero-order valence-corrected chi connectivity index (χ0v) is 18.0. The Kier molecular flexibility index (Phi) is 4.95. The molecule has 12 heteroatoms. The van der Waals surface area contributed by atoms with Crippen LogP contribution in [0.25, 0.3) is 11.3 Å². The number of aromatic amines is 1. The van der Waals surface area contributed by atoms with Gasteiger partial charge in [-0.15, -0.1) is 0 Å². The van der Waals surface area contributed by atoms with Crippen molar-refractivity contribution in [2.24, 2.45) is 0 Å². The van der Waals surface area contributed by atoms with Gasteiger partial charge >= 0.3 is 0 Å². The number of nitrogens with one attached hydrogen (secondary N) is 2. The highest BCUT2D eigenvalue weighted by Crippen LogP contribution is 2.44. The first-order valence-corrected chi connectivity index (χ1v) is 10.3. The van der Waals surface area contributed by atoms with E-state index < -0.39 is 11.6 Å². The molecule has 0 saturated heterocycles. The summed E-state index contributed by atoms with van der Waals surface area (Å²) in [5.41, 5.74) is 1.95. The predicted octanol–water partition coefficient (Wildman–Crippen LogP) is 3.53. The van der Waals surface area contributed by atoms with Gasteiger partial charge in [0.15, 0.2) is 11.5 Å². The van der Waals surface area contributed by atoms with Gasteiger partial charge in [0.25, 0.3) is 5.56 Å². The lowest BCUT2D eigenvalue weighted by atomic mass is 9.92. The van der Waals surface area contributed by atoms with E-state index in [0.29, 0.717) is 44.8 Å². The Balaban J connectivity index is 1.80. The maximum Gasteiger partial charge on any atom is 0.288 e. The van der Waals surface area contributed by atoms with Crippen molar-refractivity contribution in [1.82, 2.24) is 30.4 Å². The number of tetrazole rings is 1. The fourth-order valence-corrected chi connectivity index (χ4v) is 4.20. The zero-order chi connectivity index (χ0) is 22.4. The molecule has 0 spiro atoms. The van der Waals surface area contributed by atoms with Gasteiger partial charge in [0, 0.05) is 16.1 Å². The number of benzene rings is 2. The van der Waals surface area contributed by atoms with E-state index in [2.05, 4.69) is 31.0 Å². The van der Waals surface area contributed by atoms with E-state index >= 15 is 0 Å². The molecule has 0 fully saturated rings. The number of aromatic hydroxyl groups is 1. The van der Waals surface area contributed by atoms with Crippen LogP contribution >= 0.6 is 23.2 Å². The molecule has 0 unspecified atom stereocenters. The molecule has 3 heterocycles. The quantitative estimate of drug-likeness (QED) is 0.362. The second-order valence-corrected chi connectivity index (χ2v) is 7.79. The van der Waals surface area contributed by atoms with Crippen molar-refractivity contribution in [2.45, 2.75) is 13.0 Å². The Morgan fingerprint density at radius 2 is 2.06 bits per heavy atom. The van der Waals surface area contributed by atoms with E-state index in [1.807, 2.05) is 6.92 Å². The molecule has 0 aliphatic carbocycles. The van der Waals surface area contributed by atoms with Gasteiger partial charge < -0.3 is 15.2 Å². The van der Waals surface area contributed by atoms with E-state index in [9.17, 15) is 9.90 Å². The number of aromatic nitrogens is 6. The number of hydrogen-bond donors (Lipinski definition) is 3. The Morgan fingerprint density at radius 1 is 1.22 bits per heavy atom. The highest BCUT2D eigenvalue weighted by atomic mass is 35.5. The lowest BCUT2D eigenvalue weighted by molar-refractivity contribution is 0.317. The summed E-state index contributed by atoms with van der Waals surface area (Å²) in [6.07, 6.45) is 0. The van der Waals surface area contributed by atoms with Gasteiger partial charge in [-0.25, -0.2) is 5.10 Å². The van der Waals surface area contributed by atoms with E-state index in [4.69, 9.17) is 27.9 Å². The zero-order valence-electron chi connectivity index (χ0n) is 16.5. The van der Waals surface area contributed by atoms with Crippen molar-refractivity contribution >= 4 is 34.8 Å². The van der Waals surface area contributed by atoms with Gasteiger partial charge in [-0.05, 0) is 53.2 Å². The van der Waals surface area contributed by atoms with Crippen LogP contribution in [0.1, 0.15) is 24.1 Å². The molecule has 2 aromatic carbocycles. The van der Waals surface area contributed by atoms with Gasteiger partial charge in [0.1, 0.15) is 17.4 Å². The van der Waals surface area contributed by atoms with Crippen molar-refractivity contribution in [3.05, 3.63) is 67.9 Å². The van der Waals surface area contributed by atoms with Crippen molar-refractivity contribution < 1.29 is 9.84 Å². The van der Waals surface area contributed by atoms with E-state index in [-0.39, 0.29) is 17.4 Å². The molecule has 5 rings (SSSR count). The molecule has 4 aromatic rings. The molecule has 0 bridgehead atoms. The number of phenols is 1. The van der Waals surface area contributed by atoms with Crippen molar-refractivity contribution in [3.8, 4) is 22.8 Å². The third-order valence-corrected chi connectivity index (χ3v) is 5.60. The van der Waals surface area contributed by atoms with Crippen molar-refractivity contribution in [2.75, 3.05) is 11.9 Å². The summed E-state index contributed by atoms with van der Waals surface area (Å²) < 4.78 is 7.08. The van der Waals surface area contributed by atoms with Crippen LogP contribution in [-0.2, 0) is 0 Å². The van der Waals surface area contributed by atoms with Gasteiger partial charge in [0.2, 0.25) is 5.95 Å². The largest absolute Gasteiger partial charge is 0.504 e. The average molecular weight is 472 g/mol. The number of ether oxygens (including phenoxy) is 1. The summed E-state index contributed by atoms with van der Waals surface area (Å²) in [6, 6.07) is 9.24. The number of anilines is 2. The third-order valence-electron chi connectivity index (χ3n) is 5.05. The number of nitrogens with zero attached hydrogens (tertiary/aromatic N) is 5. The van der Waals surface area contributed by atoms with Gasteiger partial charge in [-0.1, -0.05) is 34.4 Å². The maximum atomic E-state index is 12.7. The minimum absolute atomic E-state index is 0.00769. The molecule has 3 N–H and O–H groups in total. The number of rotatable bonds is 4. The normalized spacial score (nSPS) is 14.4. The first-order chi connectivity index (χ1) is 15.5. The lowest BCUT2D eigenvalue weighted by Crippen LogP contribution is -2.29. The van der Waals surface area contributed by atoms with E-state index in [0.717, 1.165) is 0 Å². The average Bonchev–Trinajstić information content (AvgIpc) is 3.24. The molecule has 1 atom stereocenters. The maximum absolute atomic E-state index is 12.7. The molecule has 1 aliphatic rings. The second kappa shape index (κ2) is 7.81. The molecule has 10 nitrogen and oxygen atoms in total. The fraction of sp³-hybridized carbons (Fsp3) is 0.150. The smallest absolute Gasteiger partial charge is 0.288 e. The van der Waals surface area contributed by atoms with Crippen LogP contribution in [-0.4, -0.2) is 42.1 Å². The molecule has 2 aromatic heterocycles. The Bertz CT molecular complexity index is 1400. The van der Waals surface area contributed by atoms with Crippen molar-refractivity contribution in [3.63, 3.8) is 0 Å².